The Hall–Kier alpha value is -4.42. The van der Waals surface area contributed by atoms with Crippen molar-refractivity contribution in [2.45, 2.75) is 58.7 Å². The summed E-state index contributed by atoms with van der Waals surface area (Å²) in [6, 6.07) is 14.5. The number of likely N-dealkylation sites (tertiary alicyclic amines) is 1. The summed E-state index contributed by atoms with van der Waals surface area (Å²) in [5.74, 6) is -0.550. The third-order valence-corrected chi connectivity index (χ3v) is 11.9. The van der Waals surface area contributed by atoms with Gasteiger partial charge in [0.25, 0.3) is 5.91 Å². The Morgan fingerprint density at radius 1 is 0.608 bits per heavy atom. The first kappa shape index (κ1) is 62.1. The number of likely N-dealkylation sites (N-methyl/N-ethyl adjacent to an activating group) is 2. The van der Waals surface area contributed by atoms with E-state index in [0.29, 0.717) is 174 Å². The van der Waals surface area contributed by atoms with Crippen LogP contribution in [-0.2, 0) is 70.0 Å². The zero-order valence-electron chi connectivity index (χ0n) is 44.7. The van der Waals surface area contributed by atoms with Gasteiger partial charge in [-0.15, -0.1) is 0 Å². The van der Waals surface area contributed by atoms with Gasteiger partial charge in [-0.1, -0.05) is 44.2 Å². The largest absolute Gasteiger partial charge is 0.481 e. The van der Waals surface area contributed by atoms with Crippen LogP contribution in [-0.4, -0.2) is 233 Å². The Labute approximate surface area is 439 Å². The van der Waals surface area contributed by atoms with Gasteiger partial charge in [0.05, 0.1) is 144 Å². The normalized spacial score (nSPS) is 13.7. The number of amidine groups is 1. The van der Waals surface area contributed by atoms with Crippen LogP contribution in [0.25, 0.3) is 6.08 Å². The van der Waals surface area contributed by atoms with E-state index in [2.05, 4.69) is 67.0 Å². The zero-order chi connectivity index (χ0) is 53.0. The molecular formula is C54H86N6O14. The number of carbonyl (C=O) groups excluding carboxylic acids is 2. The summed E-state index contributed by atoms with van der Waals surface area (Å²) in [4.78, 5) is 50.2. The number of aliphatic imine (C=N–C) groups is 1. The van der Waals surface area contributed by atoms with Crippen molar-refractivity contribution in [2.75, 3.05) is 179 Å². The second-order valence-electron chi connectivity index (χ2n) is 18.1. The summed E-state index contributed by atoms with van der Waals surface area (Å²) in [5, 5.41) is 8.53. The van der Waals surface area contributed by atoms with Gasteiger partial charge in [-0.05, 0) is 56.3 Å². The molecule has 2 aromatic carbocycles. The maximum Gasteiger partial charge on any atom is 0.305 e. The van der Waals surface area contributed by atoms with E-state index < -0.39 is 5.97 Å². The predicted octanol–water partition coefficient (Wildman–Crippen LogP) is 4.14. The van der Waals surface area contributed by atoms with Gasteiger partial charge in [0, 0.05) is 75.0 Å². The van der Waals surface area contributed by atoms with E-state index in [1.54, 1.807) is 6.07 Å². The highest BCUT2D eigenvalue weighted by molar-refractivity contribution is 6.06. The van der Waals surface area contributed by atoms with E-state index >= 15 is 0 Å². The fraction of sp³-hybridized carbons (Fsp3) is 0.667. The molecule has 2 aliphatic rings. The third-order valence-electron chi connectivity index (χ3n) is 11.9. The number of nitrogens with two attached hydrogens (primary N) is 1. The molecule has 416 valence electrons. The molecule has 0 radical (unpaired) electrons. The maximum absolute atomic E-state index is 13.5. The second kappa shape index (κ2) is 38.2. The van der Waals surface area contributed by atoms with Gasteiger partial charge in [0.1, 0.15) is 5.84 Å². The van der Waals surface area contributed by atoms with Crippen molar-refractivity contribution in [1.82, 2.24) is 19.6 Å². The van der Waals surface area contributed by atoms with Crippen LogP contribution in [0, 0.1) is 0 Å². The Bertz CT molecular complexity index is 1930. The summed E-state index contributed by atoms with van der Waals surface area (Å²) in [7, 11) is 4.20. The fourth-order valence-corrected chi connectivity index (χ4v) is 7.82. The van der Waals surface area contributed by atoms with Crippen molar-refractivity contribution in [2.24, 2.45) is 10.7 Å². The molecule has 1 fully saturated rings. The Kier molecular flexibility index (Phi) is 32.0. The van der Waals surface area contributed by atoms with Gasteiger partial charge in [0.15, 0.2) is 0 Å². The molecule has 20 nitrogen and oxygen atoms in total. The average Bonchev–Trinajstić information content (AvgIpc) is 3.54. The maximum atomic E-state index is 13.5. The Morgan fingerprint density at radius 2 is 1.04 bits per heavy atom. The molecule has 2 aliphatic heterocycles. The molecule has 0 unspecified atom stereocenters. The number of amides is 2. The van der Waals surface area contributed by atoms with Crippen LogP contribution >= 0.6 is 0 Å². The monoisotopic (exact) mass is 1040 g/mol. The molecule has 4 rings (SSSR count). The van der Waals surface area contributed by atoms with E-state index in [4.69, 9.17) is 58.2 Å². The van der Waals surface area contributed by atoms with Gasteiger partial charge < -0.3 is 68.0 Å². The molecule has 2 heterocycles. The van der Waals surface area contributed by atoms with Crippen molar-refractivity contribution in [3.63, 3.8) is 0 Å². The van der Waals surface area contributed by atoms with E-state index in [1.165, 1.54) is 11.1 Å². The number of rotatable bonds is 44. The van der Waals surface area contributed by atoms with Crippen molar-refractivity contribution in [3.8, 4) is 0 Å². The molecule has 20 heteroatoms. The first-order chi connectivity index (χ1) is 36.1. The van der Waals surface area contributed by atoms with Gasteiger partial charge >= 0.3 is 5.97 Å². The molecule has 0 aliphatic carbocycles. The lowest BCUT2D eigenvalue weighted by molar-refractivity contribution is -0.138. The molecule has 0 spiro atoms. The Balaban J connectivity index is 0.912. The van der Waals surface area contributed by atoms with Crippen molar-refractivity contribution in [1.29, 1.82) is 0 Å². The first-order valence-corrected chi connectivity index (χ1v) is 26.3. The van der Waals surface area contributed by atoms with Crippen LogP contribution in [0.1, 0.15) is 66.6 Å². The number of carboxylic acids is 1. The number of benzene rings is 2. The zero-order valence-corrected chi connectivity index (χ0v) is 44.7. The van der Waals surface area contributed by atoms with Crippen LogP contribution in [0.15, 0.2) is 53.0 Å². The quantitative estimate of drug-likeness (QED) is 0.0893. The Morgan fingerprint density at radius 3 is 1.49 bits per heavy atom. The summed E-state index contributed by atoms with van der Waals surface area (Å²) >= 11 is 0. The van der Waals surface area contributed by atoms with Crippen LogP contribution in [0.2, 0.25) is 0 Å². The molecule has 0 atom stereocenters. The van der Waals surface area contributed by atoms with Crippen LogP contribution in [0.3, 0.4) is 0 Å². The van der Waals surface area contributed by atoms with Crippen LogP contribution in [0.5, 0.6) is 0 Å². The first-order valence-electron chi connectivity index (χ1n) is 26.3. The molecule has 0 aromatic heterocycles. The van der Waals surface area contributed by atoms with Gasteiger partial charge in [-0.3, -0.25) is 24.2 Å². The van der Waals surface area contributed by atoms with Gasteiger partial charge in [-0.2, -0.15) is 0 Å². The minimum atomic E-state index is -0.878. The molecule has 3 N–H and O–H groups in total. The predicted molar refractivity (Wildman–Crippen MR) is 282 cm³/mol. The lowest BCUT2D eigenvalue weighted by Gasteiger charge is -2.44. The molecule has 0 bridgehead atoms. The summed E-state index contributed by atoms with van der Waals surface area (Å²) in [5.41, 5.74) is 11.3. The highest BCUT2D eigenvalue weighted by Crippen LogP contribution is 2.30. The van der Waals surface area contributed by atoms with Crippen LogP contribution < -0.4 is 5.73 Å². The van der Waals surface area contributed by atoms with Crippen molar-refractivity contribution in [3.05, 3.63) is 70.3 Å². The molecular weight excluding hydrogens is 957 g/mol. The molecule has 0 saturated carbocycles. The number of fused-ring (bicyclic) bond motifs is 1. The number of hydrogen-bond donors (Lipinski definition) is 2. The SMILES string of the molecule is CCCN(CCC)C(=O)C1=Cc2ccc(C(=O)N3CC(N(C)Cc4ccc(CN(C)CCOCCOCCOCCOCCOCCOCCOCCOCCOCCOCCC(=O)O)cc4)C3)cc2N=C(N)C1. The summed E-state index contributed by atoms with van der Waals surface area (Å²) in [6.45, 7) is 18.5. The number of carboxylic acid groups (broad SMARTS) is 1. The minimum Gasteiger partial charge on any atom is -0.481 e. The highest BCUT2D eigenvalue weighted by atomic mass is 16.6. The number of ether oxygens (including phenoxy) is 10. The standard InChI is InChI=1S/C54H86N6O14/c1-5-14-59(15-6-2)54(64)48-37-46-11-12-47(38-50(46)56-51(55)39-48)53(63)60-42-49(43-60)58(4)41-45-9-7-44(8-10-45)40-57(3)16-18-66-20-22-68-24-26-70-28-30-72-32-34-74-36-35-73-33-31-71-29-27-69-25-23-67-21-19-65-17-13-52(61)62/h7-12,37-38,49H,5-6,13-36,39-43H2,1-4H3,(H2,55,56)(H,61,62). The fourth-order valence-electron chi connectivity index (χ4n) is 7.82. The number of hydrogen-bond acceptors (Lipinski definition) is 17. The lowest BCUT2D eigenvalue weighted by Crippen LogP contribution is -2.59. The molecule has 2 aromatic rings. The average molecular weight is 1040 g/mol. The van der Waals surface area contributed by atoms with E-state index in [1.807, 2.05) is 28.0 Å². The molecule has 74 heavy (non-hydrogen) atoms. The number of nitrogens with zero attached hydrogens (tertiary/aromatic N) is 5. The highest BCUT2D eigenvalue weighted by Gasteiger charge is 2.34. The van der Waals surface area contributed by atoms with E-state index in [0.717, 1.165) is 38.0 Å². The number of aliphatic carboxylic acids is 1. The van der Waals surface area contributed by atoms with E-state index in [-0.39, 0.29) is 37.3 Å². The smallest absolute Gasteiger partial charge is 0.305 e. The van der Waals surface area contributed by atoms with Crippen molar-refractivity contribution >= 4 is 35.4 Å². The minimum absolute atomic E-state index is 0.00721. The number of carbonyl (C=O) groups is 3. The summed E-state index contributed by atoms with van der Waals surface area (Å²) < 4.78 is 54.9. The molecule has 1 saturated heterocycles. The molecule has 2 amide bonds. The van der Waals surface area contributed by atoms with Crippen molar-refractivity contribution < 1.29 is 66.9 Å². The van der Waals surface area contributed by atoms with Gasteiger partial charge in [-0.25, -0.2) is 4.99 Å². The third kappa shape index (κ3) is 25.9. The lowest BCUT2D eigenvalue weighted by atomic mass is 10.0. The van der Waals surface area contributed by atoms with E-state index in [9.17, 15) is 14.4 Å². The van der Waals surface area contributed by atoms with Gasteiger partial charge in [0.2, 0.25) is 5.91 Å². The van der Waals surface area contributed by atoms with Crippen LogP contribution in [0.4, 0.5) is 5.69 Å². The second-order valence-corrected chi connectivity index (χ2v) is 18.1. The summed E-state index contributed by atoms with van der Waals surface area (Å²) in [6.07, 6.45) is 3.92. The topological polar surface area (TPSA) is 215 Å².